The first kappa shape index (κ1) is 12.2. The third-order valence-electron chi connectivity index (χ3n) is 2.17. The SMILES string of the molecule is COCC(=O)N(C)Cc1cccc(C#N)c1. The van der Waals surface area contributed by atoms with Crippen molar-refractivity contribution in [3.8, 4) is 6.07 Å². The molecule has 16 heavy (non-hydrogen) atoms. The lowest BCUT2D eigenvalue weighted by molar-refractivity contribution is -0.134. The summed E-state index contributed by atoms with van der Waals surface area (Å²) in [6, 6.07) is 9.27. The van der Waals surface area contributed by atoms with Crippen molar-refractivity contribution in [2.24, 2.45) is 0 Å². The molecule has 0 spiro atoms. The Morgan fingerprint density at radius 2 is 2.31 bits per heavy atom. The van der Waals surface area contributed by atoms with Gasteiger partial charge >= 0.3 is 0 Å². The summed E-state index contributed by atoms with van der Waals surface area (Å²) in [6.07, 6.45) is 0. The van der Waals surface area contributed by atoms with Gasteiger partial charge in [-0.1, -0.05) is 12.1 Å². The van der Waals surface area contributed by atoms with E-state index in [1.165, 1.54) is 7.11 Å². The van der Waals surface area contributed by atoms with Crippen LogP contribution in [0.2, 0.25) is 0 Å². The summed E-state index contributed by atoms with van der Waals surface area (Å²) in [5.74, 6) is -0.0788. The molecular weight excluding hydrogens is 204 g/mol. The lowest BCUT2D eigenvalue weighted by Crippen LogP contribution is -2.29. The summed E-state index contributed by atoms with van der Waals surface area (Å²) in [5, 5.41) is 8.74. The van der Waals surface area contributed by atoms with Crippen LogP contribution in [0.5, 0.6) is 0 Å². The van der Waals surface area contributed by atoms with Crippen molar-refractivity contribution in [1.29, 1.82) is 5.26 Å². The monoisotopic (exact) mass is 218 g/mol. The molecule has 0 unspecified atom stereocenters. The van der Waals surface area contributed by atoms with Crippen LogP contribution in [-0.4, -0.2) is 31.6 Å². The van der Waals surface area contributed by atoms with E-state index in [9.17, 15) is 4.79 Å². The molecule has 1 aromatic rings. The lowest BCUT2D eigenvalue weighted by atomic mass is 10.1. The summed E-state index contributed by atoms with van der Waals surface area (Å²) in [7, 11) is 3.20. The number of hydrogen-bond acceptors (Lipinski definition) is 3. The maximum atomic E-state index is 11.4. The first-order valence-electron chi connectivity index (χ1n) is 4.89. The summed E-state index contributed by atoms with van der Waals surface area (Å²) in [5.41, 5.74) is 1.54. The normalized spacial score (nSPS) is 9.56. The molecule has 0 aromatic heterocycles. The molecule has 0 aliphatic carbocycles. The first-order chi connectivity index (χ1) is 7.67. The average Bonchev–Trinajstić information content (AvgIpc) is 2.29. The number of nitriles is 1. The van der Waals surface area contributed by atoms with E-state index in [1.807, 2.05) is 12.1 Å². The molecule has 0 aliphatic heterocycles. The lowest BCUT2D eigenvalue weighted by Gasteiger charge is -2.16. The summed E-state index contributed by atoms with van der Waals surface area (Å²) in [4.78, 5) is 13.0. The second kappa shape index (κ2) is 5.89. The van der Waals surface area contributed by atoms with Gasteiger partial charge in [0.2, 0.25) is 5.91 Å². The minimum Gasteiger partial charge on any atom is -0.375 e. The number of benzene rings is 1. The van der Waals surface area contributed by atoms with E-state index in [2.05, 4.69) is 6.07 Å². The van der Waals surface area contributed by atoms with Gasteiger partial charge in [-0.25, -0.2) is 0 Å². The molecular formula is C12H14N2O2. The zero-order chi connectivity index (χ0) is 12.0. The minimum absolute atomic E-state index is 0.0778. The Morgan fingerprint density at radius 1 is 1.56 bits per heavy atom. The van der Waals surface area contributed by atoms with Crippen molar-refractivity contribution in [3.05, 3.63) is 35.4 Å². The highest BCUT2D eigenvalue weighted by molar-refractivity contribution is 5.77. The molecule has 0 atom stereocenters. The molecule has 4 nitrogen and oxygen atoms in total. The summed E-state index contributed by atoms with van der Waals surface area (Å²) in [6.45, 7) is 0.562. The van der Waals surface area contributed by atoms with Crippen LogP contribution in [0.3, 0.4) is 0 Å². The van der Waals surface area contributed by atoms with Gasteiger partial charge in [-0.15, -0.1) is 0 Å². The molecule has 1 rings (SSSR count). The minimum atomic E-state index is -0.0788. The number of rotatable bonds is 4. The highest BCUT2D eigenvalue weighted by Crippen LogP contribution is 2.06. The Morgan fingerprint density at radius 3 is 2.94 bits per heavy atom. The maximum Gasteiger partial charge on any atom is 0.248 e. The number of amides is 1. The van der Waals surface area contributed by atoms with Crippen LogP contribution >= 0.6 is 0 Å². The predicted octanol–water partition coefficient (Wildman–Crippen LogP) is 1.16. The van der Waals surface area contributed by atoms with Crippen molar-refractivity contribution >= 4 is 5.91 Å². The third-order valence-corrected chi connectivity index (χ3v) is 2.17. The van der Waals surface area contributed by atoms with Gasteiger partial charge in [-0.2, -0.15) is 5.26 Å². The molecule has 0 saturated heterocycles. The number of carbonyl (C=O) groups excluding carboxylic acids is 1. The van der Waals surface area contributed by atoms with Gasteiger partial charge in [0.15, 0.2) is 0 Å². The van der Waals surface area contributed by atoms with Gasteiger partial charge in [0.05, 0.1) is 11.6 Å². The molecule has 1 amide bonds. The fourth-order valence-corrected chi connectivity index (χ4v) is 1.33. The molecule has 0 saturated carbocycles. The number of nitrogens with zero attached hydrogens (tertiary/aromatic N) is 2. The van der Waals surface area contributed by atoms with Gasteiger partial charge in [-0.3, -0.25) is 4.79 Å². The van der Waals surface area contributed by atoms with E-state index in [-0.39, 0.29) is 12.5 Å². The molecule has 0 bridgehead atoms. The van der Waals surface area contributed by atoms with Crippen molar-refractivity contribution in [2.75, 3.05) is 20.8 Å². The zero-order valence-corrected chi connectivity index (χ0v) is 9.43. The van der Waals surface area contributed by atoms with Crippen molar-refractivity contribution in [3.63, 3.8) is 0 Å². The van der Waals surface area contributed by atoms with Crippen LogP contribution in [0.15, 0.2) is 24.3 Å². The molecule has 0 heterocycles. The van der Waals surface area contributed by atoms with Crippen molar-refractivity contribution in [2.45, 2.75) is 6.54 Å². The Labute approximate surface area is 95.0 Å². The molecule has 1 aromatic carbocycles. The highest BCUT2D eigenvalue weighted by Gasteiger charge is 2.08. The van der Waals surface area contributed by atoms with E-state index < -0.39 is 0 Å². The zero-order valence-electron chi connectivity index (χ0n) is 9.43. The van der Waals surface area contributed by atoms with Gasteiger partial charge in [0.1, 0.15) is 6.61 Å². The second-order valence-corrected chi connectivity index (χ2v) is 3.49. The van der Waals surface area contributed by atoms with E-state index >= 15 is 0 Å². The summed E-state index contributed by atoms with van der Waals surface area (Å²) >= 11 is 0. The molecule has 0 fully saturated rings. The fourth-order valence-electron chi connectivity index (χ4n) is 1.33. The quantitative estimate of drug-likeness (QED) is 0.762. The molecule has 4 heteroatoms. The number of methoxy groups -OCH3 is 1. The van der Waals surface area contributed by atoms with Crippen LogP contribution in [0, 0.1) is 11.3 Å². The predicted molar refractivity (Wildman–Crippen MR) is 59.5 cm³/mol. The van der Waals surface area contributed by atoms with E-state index in [0.717, 1.165) is 5.56 Å². The van der Waals surface area contributed by atoms with E-state index in [0.29, 0.717) is 12.1 Å². The topological polar surface area (TPSA) is 53.3 Å². The number of carbonyl (C=O) groups is 1. The number of likely N-dealkylation sites (N-methyl/N-ethyl adjacent to an activating group) is 1. The van der Waals surface area contributed by atoms with Crippen molar-refractivity contribution < 1.29 is 9.53 Å². The second-order valence-electron chi connectivity index (χ2n) is 3.49. The molecule has 0 N–H and O–H groups in total. The van der Waals surface area contributed by atoms with Gasteiger partial charge in [-0.05, 0) is 17.7 Å². The Hall–Kier alpha value is -1.86. The Bertz CT molecular complexity index is 410. The largest absolute Gasteiger partial charge is 0.375 e. The van der Waals surface area contributed by atoms with Crippen LogP contribution in [0.25, 0.3) is 0 Å². The van der Waals surface area contributed by atoms with Crippen molar-refractivity contribution in [1.82, 2.24) is 4.90 Å². The van der Waals surface area contributed by atoms with Gasteiger partial charge in [0.25, 0.3) is 0 Å². The standard InChI is InChI=1S/C12H14N2O2/c1-14(12(15)9-16-2)8-11-5-3-4-10(6-11)7-13/h3-6H,8-9H2,1-2H3. The van der Waals surface area contributed by atoms with Crippen LogP contribution in [0.4, 0.5) is 0 Å². The van der Waals surface area contributed by atoms with Crippen LogP contribution in [-0.2, 0) is 16.1 Å². The average molecular weight is 218 g/mol. The Balaban J connectivity index is 2.66. The van der Waals surface area contributed by atoms with Crippen LogP contribution < -0.4 is 0 Å². The van der Waals surface area contributed by atoms with E-state index in [1.54, 1.807) is 24.1 Å². The molecule has 0 aliphatic rings. The van der Waals surface area contributed by atoms with Gasteiger partial charge < -0.3 is 9.64 Å². The number of ether oxygens (including phenoxy) is 1. The van der Waals surface area contributed by atoms with E-state index in [4.69, 9.17) is 10.00 Å². The molecule has 0 radical (unpaired) electrons. The fraction of sp³-hybridized carbons (Fsp3) is 0.333. The van der Waals surface area contributed by atoms with Crippen LogP contribution in [0.1, 0.15) is 11.1 Å². The Kier molecular flexibility index (Phi) is 4.49. The maximum absolute atomic E-state index is 11.4. The summed E-state index contributed by atoms with van der Waals surface area (Å²) < 4.78 is 4.76. The highest BCUT2D eigenvalue weighted by atomic mass is 16.5. The van der Waals surface area contributed by atoms with Gasteiger partial charge in [0, 0.05) is 20.7 Å². The smallest absolute Gasteiger partial charge is 0.248 e. The number of hydrogen-bond donors (Lipinski definition) is 0. The molecule has 84 valence electrons. The first-order valence-corrected chi connectivity index (χ1v) is 4.89. The third kappa shape index (κ3) is 3.37.